The maximum Gasteiger partial charge on any atom is 0.326 e. The van der Waals surface area contributed by atoms with E-state index in [1.165, 1.54) is 12.3 Å². The van der Waals surface area contributed by atoms with Crippen LogP contribution >= 0.6 is 0 Å². The first kappa shape index (κ1) is 13.6. The zero-order valence-electron chi connectivity index (χ0n) is 9.71. The van der Waals surface area contributed by atoms with Crippen molar-refractivity contribution in [3.8, 4) is 0 Å². The molecule has 0 aliphatic rings. The molecule has 0 aliphatic heterocycles. The van der Waals surface area contributed by atoms with Crippen molar-refractivity contribution in [3.63, 3.8) is 0 Å². The van der Waals surface area contributed by atoms with Gasteiger partial charge in [0.2, 0.25) is 5.91 Å². The largest absolute Gasteiger partial charge is 0.480 e. The van der Waals surface area contributed by atoms with Crippen LogP contribution in [0.3, 0.4) is 0 Å². The second-order valence-corrected chi connectivity index (χ2v) is 3.75. The molecule has 0 spiro atoms. The summed E-state index contributed by atoms with van der Waals surface area (Å²) >= 11 is 0. The Morgan fingerprint density at radius 3 is 2.67 bits per heavy atom. The number of carboxylic acids is 1. The summed E-state index contributed by atoms with van der Waals surface area (Å²) in [6.07, 6.45) is 0.973. The van der Waals surface area contributed by atoms with Gasteiger partial charge in [-0.05, 0) is 24.6 Å². The summed E-state index contributed by atoms with van der Waals surface area (Å²) in [5.74, 6) is -2.79. The molecule has 1 aromatic rings. The number of carbonyl (C=O) groups is 3. The summed E-state index contributed by atoms with van der Waals surface area (Å²) in [5.41, 5.74) is 5.81. The maximum atomic E-state index is 11.7. The lowest BCUT2D eigenvalue weighted by atomic mass is 10.2. The van der Waals surface area contributed by atoms with Crippen molar-refractivity contribution in [2.24, 2.45) is 5.73 Å². The second kappa shape index (κ2) is 5.76. The highest BCUT2D eigenvalue weighted by Gasteiger charge is 2.23. The number of nitrogens with one attached hydrogen (secondary N) is 1. The average molecular weight is 251 g/mol. The van der Waals surface area contributed by atoms with Crippen LogP contribution < -0.4 is 11.1 Å². The monoisotopic (exact) mass is 251 g/mol. The Labute approximate surface area is 103 Å². The SMILES string of the molecule is Cc1ccnc(C(=O)N[C@@H](CC(N)=O)C(=O)O)c1. The maximum absolute atomic E-state index is 11.7. The molecular weight excluding hydrogens is 238 g/mol. The Bertz CT molecular complexity index is 487. The Morgan fingerprint density at radius 2 is 2.17 bits per heavy atom. The van der Waals surface area contributed by atoms with Crippen molar-refractivity contribution < 1.29 is 19.5 Å². The van der Waals surface area contributed by atoms with Gasteiger partial charge < -0.3 is 16.2 Å². The average Bonchev–Trinajstić information content (AvgIpc) is 2.27. The molecule has 0 aliphatic carbocycles. The van der Waals surface area contributed by atoms with Crippen molar-refractivity contribution >= 4 is 17.8 Å². The van der Waals surface area contributed by atoms with Crippen LogP contribution in [-0.4, -0.2) is 33.9 Å². The van der Waals surface area contributed by atoms with Crippen LogP contribution in [0.5, 0.6) is 0 Å². The molecule has 1 atom stereocenters. The molecule has 0 bridgehead atoms. The minimum atomic E-state index is -1.35. The van der Waals surface area contributed by atoms with Gasteiger partial charge in [-0.2, -0.15) is 0 Å². The van der Waals surface area contributed by atoms with E-state index in [0.29, 0.717) is 0 Å². The molecule has 96 valence electrons. The molecule has 0 saturated heterocycles. The molecule has 0 fully saturated rings. The standard InChI is InChI=1S/C11H13N3O4/c1-6-2-3-13-7(4-6)10(16)14-8(11(17)18)5-9(12)15/h2-4,8H,5H2,1H3,(H2,12,15)(H,14,16)(H,17,18)/t8-/m0/s1. The van der Waals surface area contributed by atoms with Gasteiger partial charge in [-0.3, -0.25) is 14.6 Å². The number of hydrogen-bond acceptors (Lipinski definition) is 4. The van der Waals surface area contributed by atoms with Crippen molar-refractivity contribution in [2.45, 2.75) is 19.4 Å². The van der Waals surface area contributed by atoms with Crippen molar-refractivity contribution in [2.75, 3.05) is 0 Å². The van der Waals surface area contributed by atoms with E-state index in [4.69, 9.17) is 10.8 Å². The van der Waals surface area contributed by atoms with Crippen molar-refractivity contribution in [1.82, 2.24) is 10.3 Å². The van der Waals surface area contributed by atoms with E-state index in [1.807, 2.05) is 0 Å². The summed E-state index contributed by atoms with van der Waals surface area (Å²) in [5, 5.41) is 11.0. The zero-order valence-corrected chi connectivity index (χ0v) is 9.71. The number of rotatable bonds is 5. The smallest absolute Gasteiger partial charge is 0.326 e. The third-order valence-corrected chi connectivity index (χ3v) is 2.16. The number of carboxylic acid groups (broad SMARTS) is 1. The normalized spacial score (nSPS) is 11.6. The van der Waals surface area contributed by atoms with Gasteiger partial charge in [0, 0.05) is 6.20 Å². The third kappa shape index (κ3) is 3.85. The van der Waals surface area contributed by atoms with Crippen molar-refractivity contribution in [1.29, 1.82) is 0 Å². The van der Waals surface area contributed by atoms with Crippen LogP contribution in [-0.2, 0) is 9.59 Å². The predicted molar refractivity (Wildman–Crippen MR) is 61.7 cm³/mol. The molecule has 2 amide bonds. The summed E-state index contributed by atoms with van der Waals surface area (Å²) in [6.45, 7) is 1.77. The Balaban J connectivity index is 2.78. The third-order valence-electron chi connectivity index (χ3n) is 2.16. The molecule has 0 unspecified atom stereocenters. The number of primary amides is 1. The first-order chi connectivity index (χ1) is 8.40. The van der Waals surface area contributed by atoms with Crippen LogP contribution in [0.1, 0.15) is 22.5 Å². The van der Waals surface area contributed by atoms with Crippen LogP contribution in [0, 0.1) is 6.92 Å². The lowest BCUT2D eigenvalue weighted by Gasteiger charge is -2.12. The molecule has 0 saturated carbocycles. The number of nitrogens with zero attached hydrogens (tertiary/aromatic N) is 1. The zero-order chi connectivity index (χ0) is 13.7. The van der Waals surface area contributed by atoms with Gasteiger partial charge >= 0.3 is 5.97 Å². The number of carbonyl (C=O) groups excluding carboxylic acids is 2. The van der Waals surface area contributed by atoms with Gasteiger partial charge in [0.15, 0.2) is 0 Å². The van der Waals surface area contributed by atoms with E-state index in [-0.39, 0.29) is 5.69 Å². The first-order valence-electron chi connectivity index (χ1n) is 5.14. The van der Waals surface area contributed by atoms with Gasteiger partial charge in [-0.25, -0.2) is 4.79 Å². The molecule has 4 N–H and O–H groups in total. The van der Waals surface area contributed by atoms with E-state index in [1.54, 1.807) is 13.0 Å². The number of aliphatic carboxylic acids is 1. The minimum absolute atomic E-state index is 0.0886. The molecular formula is C11H13N3O4. The van der Waals surface area contributed by atoms with E-state index in [9.17, 15) is 14.4 Å². The predicted octanol–water partition coefficient (Wildman–Crippen LogP) is -0.552. The Hall–Kier alpha value is -2.44. The fourth-order valence-corrected chi connectivity index (χ4v) is 1.29. The highest BCUT2D eigenvalue weighted by molar-refractivity contribution is 5.96. The van der Waals surface area contributed by atoms with E-state index < -0.39 is 30.2 Å². The Kier molecular flexibility index (Phi) is 4.36. The fourth-order valence-electron chi connectivity index (χ4n) is 1.29. The topological polar surface area (TPSA) is 122 Å². The van der Waals surface area contributed by atoms with Crippen LogP contribution in [0.2, 0.25) is 0 Å². The Morgan fingerprint density at radius 1 is 1.50 bits per heavy atom. The lowest BCUT2D eigenvalue weighted by Crippen LogP contribution is -2.43. The molecule has 7 nitrogen and oxygen atoms in total. The quantitative estimate of drug-likeness (QED) is 0.648. The van der Waals surface area contributed by atoms with Crippen LogP contribution in [0.15, 0.2) is 18.3 Å². The minimum Gasteiger partial charge on any atom is -0.480 e. The van der Waals surface area contributed by atoms with E-state index in [0.717, 1.165) is 5.56 Å². The summed E-state index contributed by atoms with van der Waals surface area (Å²) in [6, 6.07) is 1.87. The van der Waals surface area contributed by atoms with Gasteiger partial charge in [-0.1, -0.05) is 0 Å². The van der Waals surface area contributed by atoms with E-state index in [2.05, 4.69) is 10.3 Å². The first-order valence-corrected chi connectivity index (χ1v) is 5.14. The van der Waals surface area contributed by atoms with Crippen molar-refractivity contribution in [3.05, 3.63) is 29.6 Å². The number of hydrogen-bond donors (Lipinski definition) is 3. The number of nitrogens with two attached hydrogens (primary N) is 1. The molecule has 1 heterocycles. The van der Waals surface area contributed by atoms with Crippen LogP contribution in [0.25, 0.3) is 0 Å². The summed E-state index contributed by atoms with van der Waals surface area (Å²) in [7, 11) is 0. The number of pyridine rings is 1. The number of amides is 2. The van der Waals surface area contributed by atoms with E-state index >= 15 is 0 Å². The van der Waals surface area contributed by atoms with Gasteiger partial charge in [0.1, 0.15) is 11.7 Å². The number of aryl methyl sites for hydroxylation is 1. The fraction of sp³-hybridized carbons (Fsp3) is 0.273. The molecule has 18 heavy (non-hydrogen) atoms. The molecule has 0 radical (unpaired) electrons. The van der Waals surface area contributed by atoms with Gasteiger partial charge in [-0.15, -0.1) is 0 Å². The molecule has 1 aromatic heterocycles. The highest BCUT2D eigenvalue weighted by atomic mass is 16.4. The highest BCUT2D eigenvalue weighted by Crippen LogP contribution is 2.01. The molecule has 1 rings (SSSR count). The molecule has 0 aromatic carbocycles. The van der Waals surface area contributed by atoms with Gasteiger partial charge in [0.05, 0.1) is 6.42 Å². The number of aromatic nitrogens is 1. The lowest BCUT2D eigenvalue weighted by molar-refractivity contribution is -0.140. The summed E-state index contributed by atoms with van der Waals surface area (Å²) < 4.78 is 0. The second-order valence-electron chi connectivity index (χ2n) is 3.75. The van der Waals surface area contributed by atoms with Gasteiger partial charge in [0.25, 0.3) is 5.91 Å². The van der Waals surface area contributed by atoms with Crippen LogP contribution in [0.4, 0.5) is 0 Å². The molecule has 7 heteroatoms. The summed E-state index contributed by atoms with van der Waals surface area (Å²) in [4.78, 5) is 37.0.